The Morgan fingerprint density at radius 2 is 0.917 bits per heavy atom. The first-order valence-electron chi connectivity index (χ1n) is 20.6. The lowest BCUT2D eigenvalue weighted by Gasteiger charge is -2.38. The Morgan fingerprint density at radius 1 is 0.450 bits per heavy atom. The van der Waals surface area contributed by atoms with Gasteiger partial charge in [0.2, 0.25) is 0 Å². The highest BCUT2D eigenvalue weighted by Gasteiger charge is 2.47. The van der Waals surface area contributed by atoms with Crippen LogP contribution in [-0.4, -0.2) is 11.9 Å². The Kier molecular flexibility index (Phi) is 9.82. The molecule has 294 valence electrons. The van der Waals surface area contributed by atoms with E-state index >= 15 is 0 Å². The monoisotopic (exact) mass is 786 g/mol. The molecule has 6 nitrogen and oxygen atoms in total. The number of carbonyl (C=O) groups excluding carboxylic acids is 2. The highest BCUT2D eigenvalue weighted by Crippen LogP contribution is 2.56. The van der Waals surface area contributed by atoms with Crippen molar-refractivity contribution in [3.8, 4) is 23.0 Å². The van der Waals surface area contributed by atoms with Crippen LogP contribution in [0.3, 0.4) is 0 Å². The largest absolute Gasteiger partial charge is 0.489 e. The summed E-state index contributed by atoms with van der Waals surface area (Å²) in [7, 11) is 0. The van der Waals surface area contributed by atoms with Crippen molar-refractivity contribution in [1.82, 2.24) is 0 Å². The van der Waals surface area contributed by atoms with Crippen LogP contribution in [0.1, 0.15) is 73.4 Å². The number of aryl methyl sites for hydroxylation is 2. The molecule has 0 N–H and O–H groups in total. The lowest BCUT2D eigenvalue weighted by atomic mass is 9.66. The summed E-state index contributed by atoms with van der Waals surface area (Å²) in [5.74, 6) is 1.80. The second-order valence-corrected chi connectivity index (χ2v) is 15.8. The Labute approximate surface area is 348 Å². The zero-order valence-electron chi connectivity index (χ0n) is 33.1. The van der Waals surface area contributed by atoms with E-state index in [4.69, 9.17) is 18.9 Å². The number of carbonyl (C=O) groups is 2. The molecule has 60 heavy (non-hydrogen) atoms. The summed E-state index contributed by atoms with van der Waals surface area (Å²) in [5, 5.41) is 3.78. The molecule has 0 saturated heterocycles. The number of hydrogen-bond donors (Lipinski definition) is 0. The molecule has 10 rings (SSSR count). The molecule has 1 spiro atoms. The van der Waals surface area contributed by atoms with Gasteiger partial charge in [0, 0.05) is 16.5 Å². The molecule has 8 aromatic rings. The second kappa shape index (κ2) is 15.9. The lowest BCUT2D eigenvalue weighted by molar-refractivity contribution is 0.0725. The minimum Gasteiger partial charge on any atom is -0.489 e. The summed E-state index contributed by atoms with van der Waals surface area (Å²) in [6, 6.07) is 55.2. The quantitative estimate of drug-likeness (QED) is 0.102. The third-order valence-corrected chi connectivity index (χ3v) is 12.0. The van der Waals surface area contributed by atoms with Gasteiger partial charge in [0.15, 0.2) is 0 Å². The Morgan fingerprint density at radius 3 is 1.43 bits per heavy atom. The normalized spacial score (nSPS) is 15.3. The number of rotatable bonds is 10. The number of fused-ring (bicyclic) bond motifs is 6. The first-order chi connectivity index (χ1) is 29.5. The summed E-state index contributed by atoms with van der Waals surface area (Å²) in [6.45, 7) is 0.957. The fourth-order valence-electron chi connectivity index (χ4n) is 9.19. The third kappa shape index (κ3) is 7.26. The number of esters is 2. The van der Waals surface area contributed by atoms with Crippen LogP contribution >= 0.6 is 0 Å². The van der Waals surface area contributed by atoms with Crippen molar-refractivity contribution < 1.29 is 28.5 Å². The summed E-state index contributed by atoms with van der Waals surface area (Å²) < 4.78 is 24.8. The SMILES string of the molecule is O=C(Oc1cccc2c1C1(CCC2)CCc2cccc(OC(=O)c3ccc4cc(OCc5ccccc5)ccc4c3)c21)c1ccc2cc(OCc3ccccc3)ccc2c1. The average Bonchev–Trinajstić information content (AvgIpc) is 3.66. The van der Waals surface area contributed by atoms with Crippen molar-refractivity contribution in [1.29, 1.82) is 0 Å². The van der Waals surface area contributed by atoms with E-state index in [1.165, 1.54) is 0 Å². The number of hydrogen-bond acceptors (Lipinski definition) is 6. The van der Waals surface area contributed by atoms with Crippen LogP contribution in [0.15, 0.2) is 170 Å². The predicted molar refractivity (Wildman–Crippen MR) is 234 cm³/mol. The summed E-state index contributed by atoms with van der Waals surface area (Å²) in [4.78, 5) is 27.9. The van der Waals surface area contributed by atoms with Crippen LogP contribution in [0.2, 0.25) is 0 Å². The third-order valence-electron chi connectivity index (χ3n) is 12.0. The molecular weight excluding hydrogens is 745 g/mol. The molecule has 0 aliphatic heterocycles. The van der Waals surface area contributed by atoms with Crippen molar-refractivity contribution >= 4 is 33.5 Å². The van der Waals surface area contributed by atoms with Gasteiger partial charge in [-0.3, -0.25) is 0 Å². The van der Waals surface area contributed by atoms with E-state index in [0.717, 1.165) is 98.5 Å². The molecule has 0 amide bonds. The minimum atomic E-state index is -0.476. The van der Waals surface area contributed by atoms with Crippen molar-refractivity contribution in [2.24, 2.45) is 0 Å². The van der Waals surface area contributed by atoms with E-state index in [1.54, 1.807) is 0 Å². The highest BCUT2D eigenvalue weighted by atomic mass is 16.5. The van der Waals surface area contributed by atoms with Gasteiger partial charge in [-0.1, -0.05) is 109 Å². The molecule has 6 heteroatoms. The van der Waals surface area contributed by atoms with Crippen molar-refractivity contribution in [2.75, 3.05) is 0 Å². The van der Waals surface area contributed by atoms with E-state index in [2.05, 4.69) is 12.1 Å². The molecule has 0 heterocycles. The van der Waals surface area contributed by atoms with Crippen molar-refractivity contribution in [3.63, 3.8) is 0 Å². The molecule has 2 aliphatic rings. The lowest BCUT2D eigenvalue weighted by Crippen LogP contribution is -2.32. The highest BCUT2D eigenvalue weighted by molar-refractivity contribution is 5.98. The van der Waals surface area contributed by atoms with E-state index < -0.39 is 17.4 Å². The van der Waals surface area contributed by atoms with Crippen LogP contribution in [0.5, 0.6) is 23.0 Å². The van der Waals surface area contributed by atoms with E-state index in [-0.39, 0.29) is 0 Å². The van der Waals surface area contributed by atoms with Crippen LogP contribution in [0.25, 0.3) is 21.5 Å². The molecule has 8 aromatic carbocycles. The average molecular weight is 787 g/mol. The Balaban J connectivity index is 0.894. The number of benzene rings is 8. The molecule has 0 bridgehead atoms. The van der Waals surface area contributed by atoms with Crippen LogP contribution in [0, 0.1) is 0 Å². The van der Waals surface area contributed by atoms with E-state index in [9.17, 15) is 9.59 Å². The second-order valence-electron chi connectivity index (χ2n) is 15.8. The van der Waals surface area contributed by atoms with Gasteiger partial charge in [0.1, 0.15) is 36.2 Å². The van der Waals surface area contributed by atoms with Crippen LogP contribution < -0.4 is 18.9 Å². The van der Waals surface area contributed by atoms with Gasteiger partial charge in [-0.25, -0.2) is 9.59 Å². The molecule has 0 aromatic heterocycles. The zero-order chi connectivity index (χ0) is 40.5. The van der Waals surface area contributed by atoms with Gasteiger partial charge in [0.25, 0.3) is 0 Å². The van der Waals surface area contributed by atoms with Gasteiger partial charge in [0.05, 0.1) is 11.1 Å². The first-order valence-corrected chi connectivity index (χ1v) is 20.6. The topological polar surface area (TPSA) is 71.1 Å². The molecule has 1 unspecified atom stereocenters. The molecular formula is C54H42O6. The molecule has 0 saturated carbocycles. The maximum atomic E-state index is 14.0. The van der Waals surface area contributed by atoms with E-state index in [0.29, 0.717) is 35.8 Å². The fraction of sp³-hybridized carbons (Fsp3) is 0.148. The predicted octanol–water partition coefficient (Wildman–Crippen LogP) is 12.2. The summed E-state index contributed by atoms with van der Waals surface area (Å²) in [5.41, 5.74) is 6.99. The summed E-state index contributed by atoms with van der Waals surface area (Å²) in [6.07, 6.45) is 4.35. The molecule has 1 atom stereocenters. The van der Waals surface area contributed by atoms with Crippen molar-refractivity contribution in [3.05, 3.63) is 214 Å². The van der Waals surface area contributed by atoms with E-state index in [1.807, 2.05) is 158 Å². The maximum Gasteiger partial charge on any atom is 0.343 e. The van der Waals surface area contributed by atoms with Gasteiger partial charge in [-0.2, -0.15) is 0 Å². The molecule has 0 radical (unpaired) electrons. The fourth-order valence-corrected chi connectivity index (χ4v) is 9.19. The Hall–Kier alpha value is -7.18. The molecule has 2 aliphatic carbocycles. The van der Waals surface area contributed by atoms with Gasteiger partial charge in [-0.05, 0) is 137 Å². The maximum absolute atomic E-state index is 14.0. The zero-order valence-corrected chi connectivity index (χ0v) is 33.1. The Bertz CT molecular complexity index is 2900. The van der Waals surface area contributed by atoms with Gasteiger partial charge in [-0.15, -0.1) is 0 Å². The van der Waals surface area contributed by atoms with Gasteiger partial charge >= 0.3 is 11.9 Å². The van der Waals surface area contributed by atoms with Crippen molar-refractivity contribution in [2.45, 2.75) is 50.7 Å². The van der Waals surface area contributed by atoms with Gasteiger partial charge < -0.3 is 18.9 Å². The first kappa shape index (κ1) is 37.1. The van der Waals surface area contributed by atoms with Crippen LogP contribution in [-0.2, 0) is 31.5 Å². The minimum absolute atomic E-state index is 0.417. The standard InChI is InChI=1S/C54H42O6/c55-52(44-21-19-42-32-46(25-23-40(42)30-44)57-34-36-10-3-1-4-11-36)59-48-17-7-14-38-16-9-28-54(50(38)48)29-27-39-15-8-18-49(51(39)54)60-53(56)45-22-20-43-33-47(26-24-41(43)31-45)58-35-37-12-5-2-6-13-37/h1-8,10-15,17-26,30-33H,9,16,27-29,34-35H2. The van der Waals surface area contributed by atoms with Crippen LogP contribution in [0.4, 0.5) is 0 Å². The number of ether oxygens (including phenoxy) is 4. The molecule has 0 fully saturated rings. The summed E-state index contributed by atoms with van der Waals surface area (Å²) >= 11 is 0. The smallest absolute Gasteiger partial charge is 0.343 e.